The maximum Gasteiger partial charge on any atom is 0.339 e. The minimum atomic E-state index is -0.437. The zero-order chi connectivity index (χ0) is 25.0. The van der Waals surface area contributed by atoms with E-state index in [1.807, 2.05) is 36.4 Å². The van der Waals surface area contributed by atoms with Crippen LogP contribution in [0.25, 0.3) is 0 Å². The molecule has 0 aromatic heterocycles. The van der Waals surface area contributed by atoms with Crippen molar-refractivity contribution in [3.63, 3.8) is 0 Å². The first-order valence-corrected chi connectivity index (χ1v) is 12.2. The van der Waals surface area contributed by atoms with Gasteiger partial charge >= 0.3 is 6.03 Å². The summed E-state index contributed by atoms with van der Waals surface area (Å²) in [5.74, 6) is 2.44. The van der Waals surface area contributed by atoms with Gasteiger partial charge in [0.2, 0.25) is 0 Å². The van der Waals surface area contributed by atoms with Crippen LogP contribution in [0.5, 0.6) is 17.2 Å². The lowest BCUT2D eigenvalue weighted by Gasteiger charge is -2.14. The van der Waals surface area contributed by atoms with E-state index in [4.69, 9.17) is 14.2 Å². The van der Waals surface area contributed by atoms with Crippen molar-refractivity contribution in [3.8, 4) is 17.2 Å². The van der Waals surface area contributed by atoms with E-state index in [0.29, 0.717) is 40.8 Å². The summed E-state index contributed by atoms with van der Waals surface area (Å²) < 4.78 is 17.9. The van der Waals surface area contributed by atoms with Crippen molar-refractivity contribution in [3.05, 3.63) is 82.3 Å². The number of methoxy groups -OCH3 is 1. The Hall–Kier alpha value is -3.52. The van der Waals surface area contributed by atoms with Crippen LogP contribution >= 0.6 is 15.9 Å². The fourth-order valence-electron chi connectivity index (χ4n) is 3.23. The number of rotatable bonds is 11. The molecule has 0 fully saturated rings. The lowest BCUT2D eigenvalue weighted by atomic mass is 9.99. The van der Waals surface area contributed by atoms with E-state index in [9.17, 15) is 4.79 Å². The smallest absolute Gasteiger partial charge is 0.339 e. The van der Waals surface area contributed by atoms with E-state index in [0.717, 1.165) is 17.7 Å². The van der Waals surface area contributed by atoms with E-state index in [1.165, 1.54) is 11.8 Å². The summed E-state index contributed by atoms with van der Waals surface area (Å²) in [7, 11) is 1.57. The Morgan fingerprint density at radius 1 is 1.06 bits per heavy atom. The predicted octanol–water partition coefficient (Wildman–Crippen LogP) is 6.58. The second-order valence-electron chi connectivity index (χ2n) is 7.80. The molecule has 7 nitrogen and oxygen atoms in total. The fourth-order valence-corrected chi connectivity index (χ4v) is 3.81. The number of para-hydroxylation sites is 1. The highest BCUT2D eigenvalue weighted by atomic mass is 79.9. The molecule has 1 atom stereocenters. The average molecular weight is 540 g/mol. The number of halogens is 1. The Bertz CT molecular complexity index is 1120. The second kappa shape index (κ2) is 13.4. The number of urea groups is 1. The Morgan fingerprint density at radius 2 is 1.77 bits per heavy atom. The van der Waals surface area contributed by atoms with Crippen molar-refractivity contribution >= 4 is 33.9 Å². The number of ether oxygens (including phenoxy) is 3. The first kappa shape index (κ1) is 26.1. The molecule has 0 aliphatic rings. The number of hydrogen-bond donors (Lipinski definition) is 2. The van der Waals surface area contributed by atoms with Gasteiger partial charge in [0.1, 0.15) is 19.0 Å². The average Bonchev–Trinajstić information content (AvgIpc) is 2.87. The van der Waals surface area contributed by atoms with Gasteiger partial charge in [0, 0.05) is 5.69 Å². The van der Waals surface area contributed by atoms with Crippen LogP contribution in [-0.2, 0) is 0 Å². The quantitative estimate of drug-likeness (QED) is 0.164. The van der Waals surface area contributed by atoms with Crippen LogP contribution in [0.4, 0.5) is 10.5 Å². The zero-order valence-electron chi connectivity index (χ0n) is 20.1. The topological polar surface area (TPSA) is 81.2 Å². The highest BCUT2D eigenvalue weighted by Crippen LogP contribution is 2.36. The molecule has 3 aromatic rings. The van der Waals surface area contributed by atoms with Gasteiger partial charge in [-0.1, -0.05) is 44.2 Å². The van der Waals surface area contributed by atoms with E-state index < -0.39 is 6.03 Å². The standard InChI is InChI=1S/C27H30BrN3O4/c1-4-19(2)21-10-12-23(13-11-21)34-14-15-35-26-24(28)16-20(17-25(26)33-3)18-29-31-27(32)30-22-8-6-5-7-9-22/h5-13,16-19H,4,14-15H2,1-3H3,(H2,30,31,32)/b29-18+. The molecule has 0 aliphatic carbocycles. The molecule has 0 bridgehead atoms. The summed E-state index contributed by atoms with van der Waals surface area (Å²) in [4.78, 5) is 12.0. The largest absolute Gasteiger partial charge is 0.493 e. The van der Waals surface area contributed by atoms with Crippen LogP contribution in [0, 0.1) is 0 Å². The first-order chi connectivity index (χ1) is 17.0. The monoisotopic (exact) mass is 539 g/mol. The maximum absolute atomic E-state index is 12.0. The molecule has 35 heavy (non-hydrogen) atoms. The zero-order valence-corrected chi connectivity index (χ0v) is 21.7. The summed E-state index contributed by atoms with van der Waals surface area (Å²) in [6.07, 6.45) is 2.63. The molecular formula is C27H30BrN3O4. The molecule has 0 saturated heterocycles. The summed E-state index contributed by atoms with van der Waals surface area (Å²) in [6, 6.07) is 20.5. The van der Waals surface area contributed by atoms with Gasteiger partial charge in [0.15, 0.2) is 11.5 Å². The molecule has 0 aliphatic heterocycles. The lowest BCUT2D eigenvalue weighted by molar-refractivity contribution is 0.210. The Labute approximate surface area is 214 Å². The van der Waals surface area contributed by atoms with E-state index >= 15 is 0 Å². The summed E-state index contributed by atoms with van der Waals surface area (Å²) in [6.45, 7) is 5.13. The van der Waals surface area contributed by atoms with Gasteiger partial charge in [-0.25, -0.2) is 10.2 Å². The second-order valence-corrected chi connectivity index (χ2v) is 8.65. The maximum atomic E-state index is 12.0. The van der Waals surface area contributed by atoms with Gasteiger partial charge in [-0.15, -0.1) is 0 Å². The summed E-state index contributed by atoms with van der Waals surface area (Å²) in [5, 5.41) is 6.68. The molecule has 0 heterocycles. The molecule has 3 aromatic carbocycles. The Kier molecular flexibility index (Phi) is 9.98. The van der Waals surface area contributed by atoms with Crippen molar-refractivity contribution in [1.29, 1.82) is 0 Å². The molecule has 1 unspecified atom stereocenters. The van der Waals surface area contributed by atoms with Gasteiger partial charge in [-0.3, -0.25) is 0 Å². The lowest BCUT2D eigenvalue weighted by Crippen LogP contribution is -2.24. The number of hydrazone groups is 1. The number of nitrogens with one attached hydrogen (secondary N) is 2. The molecule has 0 spiro atoms. The van der Waals surface area contributed by atoms with Gasteiger partial charge in [0.05, 0.1) is 17.8 Å². The number of amides is 2. The number of hydrogen-bond acceptors (Lipinski definition) is 5. The molecule has 8 heteroatoms. The molecule has 2 amide bonds. The van der Waals surface area contributed by atoms with Crippen molar-refractivity contribution in [2.75, 3.05) is 25.6 Å². The van der Waals surface area contributed by atoms with E-state index in [-0.39, 0.29) is 0 Å². The third-order valence-electron chi connectivity index (χ3n) is 5.32. The fraction of sp³-hybridized carbons (Fsp3) is 0.259. The van der Waals surface area contributed by atoms with Gasteiger partial charge < -0.3 is 19.5 Å². The third-order valence-corrected chi connectivity index (χ3v) is 5.91. The summed E-state index contributed by atoms with van der Waals surface area (Å²) in [5.41, 5.74) is 5.14. The highest BCUT2D eigenvalue weighted by molar-refractivity contribution is 9.10. The molecule has 184 valence electrons. The van der Waals surface area contributed by atoms with Crippen LogP contribution < -0.4 is 25.0 Å². The van der Waals surface area contributed by atoms with Gasteiger partial charge in [-0.05, 0) is 75.8 Å². The molecule has 0 radical (unpaired) electrons. The van der Waals surface area contributed by atoms with Crippen LogP contribution in [0.15, 0.2) is 76.3 Å². The van der Waals surface area contributed by atoms with E-state index in [2.05, 4.69) is 57.8 Å². The molecule has 2 N–H and O–H groups in total. The van der Waals surface area contributed by atoms with Gasteiger partial charge in [-0.2, -0.15) is 5.10 Å². The Balaban J connectivity index is 1.51. The van der Waals surface area contributed by atoms with Crippen LogP contribution in [0.2, 0.25) is 0 Å². The van der Waals surface area contributed by atoms with Crippen LogP contribution in [0.1, 0.15) is 37.3 Å². The van der Waals surface area contributed by atoms with Crippen molar-refractivity contribution in [1.82, 2.24) is 5.43 Å². The normalized spacial score (nSPS) is 11.7. The first-order valence-electron chi connectivity index (χ1n) is 11.4. The van der Waals surface area contributed by atoms with Gasteiger partial charge in [0.25, 0.3) is 0 Å². The molecule has 3 rings (SSSR count). The SMILES string of the molecule is CCC(C)c1ccc(OCCOc2c(Br)cc(/C=N/NC(=O)Nc3ccccc3)cc2OC)cc1. The minimum Gasteiger partial charge on any atom is -0.493 e. The number of carbonyl (C=O) groups excluding carboxylic acids is 1. The summed E-state index contributed by atoms with van der Waals surface area (Å²) >= 11 is 3.52. The highest BCUT2D eigenvalue weighted by Gasteiger charge is 2.12. The van der Waals surface area contributed by atoms with Crippen molar-refractivity contribution in [2.45, 2.75) is 26.2 Å². The minimum absolute atomic E-state index is 0.344. The van der Waals surface area contributed by atoms with Crippen LogP contribution in [0.3, 0.4) is 0 Å². The third kappa shape index (κ3) is 8.03. The van der Waals surface area contributed by atoms with Crippen LogP contribution in [-0.4, -0.2) is 32.6 Å². The number of carbonyl (C=O) groups is 1. The number of nitrogens with zero attached hydrogens (tertiary/aromatic N) is 1. The van der Waals surface area contributed by atoms with Crippen molar-refractivity contribution < 1.29 is 19.0 Å². The predicted molar refractivity (Wildman–Crippen MR) is 143 cm³/mol. The Morgan fingerprint density at radius 3 is 2.46 bits per heavy atom. The molecule has 0 saturated carbocycles. The number of benzene rings is 3. The van der Waals surface area contributed by atoms with Crippen molar-refractivity contribution in [2.24, 2.45) is 5.10 Å². The number of anilines is 1. The molecular weight excluding hydrogens is 510 g/mol. The van der Waals surface area contributed by atoms with E-state index in [1.54, 1.807) is 25.3 Å².